The van der Waals surface area contributed by atoms with E-state index < -0.39 is 9.76 Å². The van der Waals surface area contributed by atoms with Crippen molar-refractivity contribution < 1.29 is 9.90 Å². The zero-order valence-electron chi connectivity index (χ0n) is 4.21. The van der Waals surface area contributed by atoms with Crippen LogP contribution in [0, 0.1) is 0 Å². The first-order valence-corrected chi connectivity index (χ1v) is 2.38. The molecule has 0 aromatic rings. The van der Waals surface area contributed by atoms with Gasteiger partial charge in [0, 0.05) is 0 Å². The van der Waals surface area contributed by atoms with Crippen LogP contribution in [0.2, 0.25) is 0 Å². The van der Waals surface area contributed by atoms with Gasteiger partial charge in [0.2, 0.25) is 0 Å². The molecule has 2 nitrogen and oxygen atoms in total. The Kier molecular flexibility index (Phi) is 18.7. The molecule has 0 spiro atoms. The molecule has 0 aliphatic rings. The summed E-state index contributed by atoms with van der Waals surface area (Å²) in [6, 6.07) is 0. The molecule has 0 aromatic carbocycles. The van der Waals surface area contributed by atoms with Gasteiger partial charge in [0.15, 0.2) is 0 Å². The van der Waals surface area contributed by atoms with E-state index >= 15 is 0 Å². The zero-order valence-corrected chi connectivity index (χ0v) is 8.93. The summed E-state index contributed by atoms with van der Waals surface area (Å²) in [6.45, 7) is 0. The van der Waals surface area contributed by atoms with Gasteiger partial charge in [0.05, 0.1) is 0 Å². The molecule has 0 heterocycles. The summed E-state index contributed by atoms with van der Waals surface area (Å²) in [6.07, 6.45) is 0. The smallest absolute Gasteiger partial charge is 0.356 e. The van der Waals surface area contributed by atoms with Crippen LogP contribution in [0.1, 0.15) is 0 Å². The molecular weight excluding hydrogens is 269 g/mol. The third-order valence-electron chi connectivity index (χ3n) is 0.243. The molecule has 0 unspecified atom stereocenters. The van der Waals surface area contributed by atoms with Crippen molar-refractivity contribution in [3.63, 3.8) is 0 Å². The average Bonchev–Trinajstić information content (AvgIpc) is 1.31. The van der Waals surface area contributed by atoms with Crippen molar-refractivity contribution in [1.29, 1.82) is 0 Å². The molecule has 0 aliphatic heterocycles. The van der Waals surface area contributed by atoms with E-state index in [4.69, 9.17) is 39.9 Å². The van der Waals surface area contributed by atoms with Crippen LogP contribution in [-0.2, 0) is 4.79 Å². The van der Waals surface area contributed by atoms with Crippen LogP contribution in [-0.4, -0.2) is 14.9 Å². The van der Waals surface area contributed by atoms with Crippen LogP contribution >= 0.6 is 72.0 Å². The summed E-state index contributed by atoms with van der Waals surface area (Å²) < 4.78 is -2.17. The van der Waals surface area contributed by atoms with Gasteiger partial charge >= 0.3 is 5.97 Å². The topological polar surface area (TPSA) is 37.3 Å². The second-order valence-corrected chi connectivity index (χ2v) is 3.08. The SMILES string of the molecule is Cl.Cl.Cl.O=C(O)C(Cl)(Cl)Cl. The van der Waals surface area contributed by atoms with Crippen molar-refractivity contribution in [2.75, 3.05) is 0 Å². The van der Waals surface area contributed by atoms with E-state index in [-0.39, 0.29) is 37.2 Å². The highest BCUT2D eigenvalue weighted by Crippen LogP contribution is 2.25. The summed E-state index contributed by atoms with van der Waals surface area (Å²) >= 11 is 14.4. The predicted octanol–water partition coefficient (Wildman–Crippen LogP) is 2.71. The fraction of sp³-hybridized carbons (Fsp3) is 0.500. The van der Waals surface area contributed by atoms with Gasteiger partial charge in [-0.15, -0.1) is 37.2 Å². The number of carboxylic acid groups (broad SMARTS) is 1. The molecule has 0 radical (unpaired) electrons. The lowest BCUT2D eigenvalue weighted by atomic mass is 10.8. The Hall–Kier alpha value is 1.21. The third-order valence-corrected chi connectivity index (χ3v) is 0.728. The van der Waals surface area contributed by atoms with Crippen molar-refractivity contribution in [2.45, 2.75) is 3.79 Å². The van der Waals surface area contributed by atoms with Crippen LogP contribution in [0.15, 0.2) is 0 Å². The lowest BCUT2D eigenvalue weighted by molar-refractivity contribution is -0.135. The van der Waals surface area contributed by atoms with Gasteiger partial charge in [-0.2, -0.15) is 0 Å². The van der Waals surface area contributed by atoms with Gasteiger partial charge in [-0.05, 0) is 0 Å². The summed E-state index contributed by atoms with van der Waals surface area (Å²) in [7, 11) is 0. The minimum absolute atomic E-state index is 0. The molecule has 0 aromatic heterocycles. The highest BCUT2D eigenvalue weighted by Gasteiger charge is 2.29. The summed E-state index contributed by atoms with van der Waals surface area (Å²) in [4.78, 5) is 9.62. The number of aliphatic carboxylic acids is 1. The largest absolute Gasteiger partial charge is 0.478 e. The maximum Gasteiger partial charge on any atom is 0.356 e. The molecule has 0 aliphatic carbocycles. The molecule has 0 atom stereocenters. The van der Waals surface area contributed by atoms with E-state index in [1.807, 2.05) is 0 Å². The fourth-order valence-corrected chi connectivity index (χ4v) is 0. The van der Waals surface area contributed by atoms with Gasteiger partial charge < -0.3 is 5.11 Å². The Morgan fingerprint density at radius 1 is 1.10 bits per heavy atom. The van der Waals surface area contributed by atoms with Gasteiger partial charge in [-0.1, -0.05) is 34.8 Å². The maximum absolute atomic E-state index is 9.62. The first-order valence-electron chi connectivity index (χ1n) is 1.24. The van der Waals surface area contributed by atoms with Crippen LogP contribution in [0.25, 0.3) is 0 Å². The number of hydrogen-bond donors (Lipinski definition) is 1. The van der Waals surface area contributed by atoms with E-state index in [1.54, 1.807) is 0 Å². The monoisotopic (exact) mass is 270 g/mol. The molecule has 0 saturated carbocycles. The minimum atomic E-state index is -2.17. The Bertz CT molecular complexity index is 86.2. The number of hydrogen-bond acceptors (Lipinski definition) is 1. The number of rotatable bonds is 0. The molecule has 0 fully saturated rings. The van der Waals surface area contributed by atoms with E-state index in [0.717, 1.165) is 0 Å². The van der Waals surface area contributed by atoms with Gasteiger partial charge in [0.25, 0.3) is 3.79 Å². The fourth-order valence-electron chi connectivity index (χ4n) is 0. The molecule has 0 bridgehead atoms. The van der Waals surface area contributed by atoms with Gasteiger partial charge in [-0.3, -0.25) is 0 Å². The predicted molar refractivity (Wildman–Crippen MR) is 49.7 cm³/mol. The van der Waals surface area contributed by atoms with E-state index in [2.05, 4.69) is 0 Å². The van der Waals surface area contributed by atoms with E-state index in [0.29, 0.717) is 0 Å². The molecule has 66 valence electrons. The van der Waals surface area contributed by atoms with Crippen LogP contribution < -0.4 is 0 Å². The maximum atomic E-state index is 9.62. The molecule has 0 amide bonds. The molecule has 10 heavy (non-hydrogen) atoms. The van der Waals surface area contributed by atoms with Crippen molar-refractivity contribution >= 4 is 78.0 Å². The highest BCUT2D eigenvalue weighted by molar-refractivity contribution is 6.75. The Morgan fingerprint density at radius 2 is 1.20 bits per heavy atom. The van der Waals surface area contributed by atoms with Crippen LogP contribution in [0.4, 0.5) is 0 Å². The van der Waals surface area contributed by atoms with Crippen molar-refractivity contribution in [3.8, 4) is 0 Å². The van der Waals surface area contributed by atoms with Crippen molar-refractivity contribution in [3.05, 3.63) is 0 Å². The molecule has 8 heteroatoms. The average molecular weight is 273 g/mol. The van der Waals surface area contributed by atoms with Crippen molar-refractivity contribution in [1.82, 2.24) is 0 Å². The normalized spacial score (nSPS) is 7.90. The summed E-state index contributed by atoms with van der Waals surface area (Å²) in [5.41, 5.74) is 0. The lowest BCUT2D eigenvalue weighted by Gasteiger charge is -1.99. The highest BCUT2D eigenvalue weighted by atomic mass is 35.6. The number of halogens is 6. The minimum Gasteiger partial charge on any atom is -0.478 e. The van der Waals surface area contributed by atoms with Crippen LogP contribution in [0.5, 0.6) is 0 Å². The second kappa shape index (κ2) is 8.31. The Balaban J connectivity index is -0.0000000600. The van der Waals surface area contributed by atoms with E-state index in [1.165, 1.54) is 0 Å². The number of carboxylic acids is 1. The standard InChI is InChI=1S/C2HCl3O2.3ClH/c3-2(4,5)1(6)7;;;/h(H,6,7);3*1H. The van der Waals surface area contributed by atoms with Gasteiger partial charge in [-0.25, -0.2) is 4.79 Å². The molecule has 0 rings (SSSR count). The summed E-state index contributed by atoms with van der Waals surface area (Å²) in [5.74, 6) is -1.46. The van der Waals surface area contributed by atoms with Gasteiger partial charge in [0.1, 0.15) is 0 Å². The Morgan fingerprint density at radius 3 is 1.20 bits per heavy atom. The van der Waals surface area contributed by atoms with Crippen LogP contribution in [0.3, 0.4) is 0 Å². The van der Waals surface area contributed by atoms with Crippen molar-refractivity contribution in [2.24, 2.45) is 0 Å². The second-order valence-electron chi connectivity index (χ2n) is 0.803. The van der Waals surface area contributed by atoms with E-state index in [9.17, 15) is 4.79 Å². The lowest BCUT2D eigenvalue weighted by Crippen LogP contribution is -2.16. The number of alkyl halides is 3. The Labute approximate surface area is 91.4 Å². The first-order chi connectivity index (χ1) is 2.94. The first kappa shape index (κ1) is 22.5. The number of carbonyl (C=O) groups is 1. The quantitative estimate of drug-likeness (QED) is 0.689. The molecule has 1 N–H and O–H groups in total. The summed E-state index contributed by atoms with van der Waals surface area (Å²) in [5, 5.41) is 7.85. The molecular formula is C2H4Cl6O2. The third kappa shape index (κ3) is 11.9. The zero-order chi connectivity index (χ0) is 6.08. The molecule has 0 saturated heterocycles.